The lowest BCUT2D eigenvalue weighted by Crippen LogP contribution is -2.37. The minimum absolute atomic E-state index is 0.0304. The summed E-state index contributed by atoms with van der Waals surface area (Å²) >= 11 is 5.87. The van der Waals surface area contributed by atoms with E-state index in [1.165, 1.54) is 6.07 Å². The summed E-state index contributed by atoms with van der Waals surface area (Å²) < 4.78 is 15.2. The number of hydrogen-bond acceptors (Lipinski definition) is 4. The highest BCUT2D eigenvalue weighted by Crippen LogP contribution is 2.25. The van der Waals surface area contributed by atoms with Gasteiger partial charge in [0.2, 0.25) is 0 Å². The van der Waals surface area contributed by atoms with Crippen LogP contribution in [0.5, 0.6) is 0 Å². The molecule has 8 heteroatoms. The van der Waals surface area contributed by atoms with Gasteiger partial charge in [-0.25, -0.2) is 4.39 Å². The molecule has 4 rings (SSSR count). The number of amides is 1. The minimum Gasteiger partial charge on any atom is -0.369 e. The zero-order valence-corrected chi connectivity index (χ0v) is 15.8. The first-order chi connectivity index (χ1) is 13.1. The first-order valence-corrected chi connectivity index (χ1v) is 9.74. The molecule has 2 unspecified atom stereocenters. The number of carbonyl (C=O) groups is 1. The van der Waals surface area contributed by atoms with Crippen molar-refractivity contribution in [3.05, 3.63) is 47.0 Å². The second-order valence-electron chi connectivity index (χ2n) is 7.18. The number of anilines is 1. The third-order valence-electron chi connectivity index (χ3n) is 5.28. The molecule has 2 N–H and O–H groups in total. The fourth-order valence-electron chi connectivity index (χ4n) is 3.78. The number of halogens is 2. The van der Waals surface area contributed by atoms with Gasteiger partial charge in [-0.05, 0) is 50.1 Å². The Labute approximate surface area is 162 Å². The van der Waals surface area contributed by atoms with Crippen molar-refractivity contribution < 1.29 is 9.18 Å². The van der Waals surface area contributed by atoms with E-state index in [1.807, 2.05) is 10.9 Å². The Hall–Kier alpha value is -2.12. The summed E-state index contributed by atoms with van der Waals surface area (Å²) in [4.78, 5) is 14.6. The van der Waals surface area contributed by atoms with Crippen LogP contribution in [0.3, 0.4) is 0 Å². The summed E-state index contributed by atoms with van der Waals surface area (Å²) in [5.41, 5.74) is 1.32. The van der Waals surface area contributed by atoms with Gasteiger partial charge < -0.3 is 15.5 Å². The lowest BCUT2D eigenvalue weighted by molar-refractivity contribution is 0.0934. The molecule has 27 heavy (non-hydrogen) atoms. The van der Waals surface area contributed by atoms with Crippen molar-refractivity contribution in [1.82, 2.24) is 20.4 Å². The Morgan fingerprint density at radius 1 is 1.33 bits per heavy atom. The lowest BCUT2D eigenvalue weighted by atomic mass is 10.1. The van der Waals surface area contributed by atoms with E-state index in [9.17, 15) is 9.18 Å². The van der Waals surface area contributed by atoms with E-state index < -0.39 is 5.82 Å². The van der Waals surface area contributed by atoms with Gasteiger partial charge in [0.15, 0.2) is 0 Å². The number of nitrogens with one attached hydrogen (secondary N) is 2. The first-order valence-electron chi connectivity index (χ1n) is 9.37. The molecule has 2 atom stereocenters. The van der Waals surface area contributed by atoms with Gasteiger partial charge >= 0.3 is 0 Å². The molecule has 2 aliphatic rings. The van der Waals surface area contributed by atoms with Crippen LogP contribution in [0.25, 0.3) is 0 Å². The van der Waals surface area contributed by atoms with Gasteiger partial charge in [-0.1, -0.05) is 11.6 Å². The molecule has 0 aliphatic carbocycles. The maximum Gasteiger partial charge on any atom is 0.272 e. The van der Waals surface area contributed by atoms with E-state index in [4.69, 9.17) is 11.6 Å². The molecule has 144 valence electrons. The Kier molecular flexibility index (Phi) is 5.31. The average molecular weight is 392 g/mol. The van der Waals surface area contributed by atoms with Crippen LogP contribution in [0, 0.1) is 5.82 Å². The highest BCUT2D eigenvalue weighted by Gasteiger charge is 2.26. The molecule has 0 saturated carbocycles. The molecule has 2 aromatic rings. The van der Waals surface area contributed by atoms with Crippen LogP contribution in [-0.2, 0) is 0 Å². The van der Waals surface area contributed by atoms with Crippen LogP contribution < -0.4 is 15.5 Å². The fourth-order valence-corrected chi connectivity index (χ4v) is 3.95. The zero-order valence-electron chi connectivity index (χ0n) is 15.0. The van der Waals surface area contributed by atoms with Crippen LogP contribution in [0.4, 0.5) is 10.1 Å². The van der Waals surface area contributed by atoms with Crippen molar-refractivity contribution in [3.8, 4) is 0 Å². The second kappa shape index (κ2) is 7.86. The standard InChI is InChI=1S/C19H23ClFN5O/c20-16-10-14(3-4-17(16)21)25-8-5-13(12-25)23-19(27)18-6-9-26(24-18)15-2-1-7-22-11-15/h3-4,6,9-10,13,15,22H,1-2,5,7-8,11-12H2,(H,23,27). The molecule has 1 aromatic carbocycles. The minimum atomic E-state index is -0.423. The van der Waals surface area contributed by atoms with Gasteiger partial charge in [-0.15, -0.1) is 0 Å². The van der Waals surface area contributed by atoms with Gasteiger partial charge in [0.05, 0.1) is 11.1 Å². The Morgan fingerprint density at radius 2 is 2.22 bits per heavy atom. The molecule has 2 aliphatic heterocycles. The van der Waals surface area contributed by atoms with Crippen LogP contribution in [-0.4, -0.2) is 47.9 Å². The largest absolute Gasteiger partial charge is 0.369 e. The molecule has 2 fully saturated rings. The zero-order chi connectivity index (χ0) is 18.8. The predicted octanol–water partition coefficient (Wildman–Crippen LogP) is 2.61. The Bertz CT molecular complexity index is 820. The van der Waals surface area contributed by atoms with Crippen molar-refractivity contribution in [3.63, 3.8) is 0 Å². The summed E-state index contributed by atoms with van der Waals surface area (Å²) in [5.74, 6) is -0.574. The van der Waals surface area contributed by atoms with Crippen molar-refractivity contribution in [2.24, 2.45) is 0 Å². The van der Waals surface area contributed by atoms with Gasteiger partial charge in [0.1, 0.15) is 11.5 Å². The number of benzene rings is 1. The number of piperidine rings is 1. The lowest BCUT2D eigenvalue weighted by Gasteiger charge is -2.23. The number of rotatable bonds is 4. The van der Waals surface area contributed by atoms with Crippen LogP contribution >= 0.6 is 11.6 Å². The van der Waals surface area contributed by atoms with E-state index in [2.05, 4.69) is 20.6 Å². The number of hydrogen-bond donors (Lipinski definition) is 2. The molecule has 0 spiro atoms. The average Bonchev–Trinajstić information content (AvgIpc) is 3.34. The van der Waals surface area contributed by atoms with E-state index in [0.29, 0.717) is 18.3 Å². The van der Waals surface area contributed by atoms with Crippen molar-refractivity contribution >= 4 is 23.2 Å². The van der Waals surface area contributed by atoms with Crippen molar-refractivity contribution in [2.75, 3.05) is 31.1 Å². The molecule has 2 saturated heterocycles. The summed E-state index contributed by atoms with van der Waals surface area (Å²) in [7, 11) is 0. The SMILES string of the molecule is O=C(NC1CCN(c2ccc(F)c(Cl)c2)C1)c1ccn(C2CCCNC2)n1. The maximum absolute atomic E-state index is 13.3. The molecular formula is C19H23ClFN5O. The van der Waals surface area contributed by atoms with E-state index in [0.717, 1.165) is 44.6 Å². The summed E-state index contributed by atoms with van der Waals surface area (Å²) in [6, 6.07) is 6.83. The molecule has 6 nitrogen and oxygen atoms in total. The summed E-state index contributed by atoms with van der Waals surface area (Å²) in [6.07, 6.45) is 4.91. The predicted molar refractivity (Wildman–Crippen MR) is 103 cm³/mol. The van der Waals surface area contributed by atoms with Gasteiger partial charge in [-0.2, -0.15) is 5.10 Å². The Morgan fingerprint density at radius 3 is 3.00 bits per heavy atom. The molecule has 0 radical (unpaired) electrons. The van der Waals surface area contributed by atoms with Gasteiger partial charge in [0, 0.05) is 37.6 Å². The highest BCUT2D eigenvalue weighted by molar-refractivity contribution is 6.31. The smallest absolute Gasteiger partial charge is 0.272 e. The van der Waals surface area contributed by atoms with E-state index in [1.54, 1.807) is 18.2 Å². The molecule has 0 bridgehead atoms. The van der Waals surface area contributed by atoms with Gasteiger partial charge in [-0.3, -0.25) is 9.48 Å². The van der Waals surface area contributed by atoms with Gasteiger partial charge in [0.25, 0.3) is 5.91 Å². The van der Waals surface area contributed by atoms with Crippen molar-refractivity contribution in [1.29, 1.82) is 0 Å². The van der Waals surface area contributed by atoms with Crippen LogP contribution in [0.1, 0.15) is 35.8 Å². The highest BCUT2D eigenvalue weighted by atomic mass is 35.5. The monoisotopic (exact) mass is 391 g/mol. The maximum atomic E-state index is 13.3. The van der Waals surface area contributed by atoms with E-state index in [-0.39, 0.29) is 17.0 Å². The summed E-state index contributed by atoms with van der Waals surface area (Å²) in [5, 5.41) is 11.0. The molecule has 1 aromatic heterocycles. The molecule has 1 amide bonds. The van der Waals surface area contributed by atoms with Crippen LogP contribution in [0.2, 0.25) is 5.02 Å². The Balaban J connectivity index is 1.35. The second-order valence-corrected chi connectivity index (χ2v) is 7.59. The van der Waals surface area contributed by atoms with E-state index >= 15 is 0 Å². The topological polar surface area (TPSA) is 62.2 Å². The van der Waals surface area contributed by atoms with Crippen LogP contribution in [0.15, 0.2) is 30.5 Å². The van der Waals surface area contributed by atoms with Crippen molar-refractivity contribution in [2.45, 2.75) is 31.3 Å². The number of carbonyl (C=O) groups excluding carboxylic acids is 1. The third-order valence-corrected chi connectivity index (χ3v) is 5.57. The normalized spacial score (nSPS) is 22.8. The number of nitrogens with zero attached hydrogens (tertiary/aromatic N) is 3. The summed E-state index contributed by atoms with van der Waals surface area (Å²) in [6.45, 7) is 3.39. The quantitative estimate of drug-likeness (QED) is 0.841. The first kappa shape index (κ1) is 18.3. The molecule has 3 heterocycles. The third kappa shape index (κ3) is 4.09. The fraction of sp³-hybridized carbons (Fsp3) is 0.474. The molecular weight excluding hydrogens is 369 g/mol. The number of aromatic nitrogens is 2.